The first-order valence-electron chi connectivity index (χ1n) is 11.5. The van der Waals surface area contributed by atoms with Crippen LogP contribution in [0.4, 0.5) is 11.4 Å². The molecule has 3 aromatic carbocycles. The molecule has 5 nitrogen and oxygen atoms in total. The number of benzene rings is 3. The average Bonchev–Trinajstić information content (AvgIpc) is 2.85. The summed E-state index contributed by atoms with van der Waals surface area (Å²) in [6.45, 7) is 2.89. The molecule has 0 aliphatic carbocycles. The van der Waals surface area contributed by atoms with E-state index in [0.29, 0.717) is 28.6 Å². The van der Waals surface area contributed by atoms with Crippen molar-refractivity contribution >= 4 is 40.5 Å². The van der Waals surface area contributed by atoms with Crippen molar-refractivity contribution in [3.05, 3.63) is 82.3 Å². The van der Waals surface area contributed by atoms with Crippen LogP contribution in [0.25, 0.3) is 0 Å². The fraction of sp³-hybridized carbons (Fsp3) is 0.296. The number of azo groups is 1. The molecule has 0 fully saturated rings. The predicted octanol–water partition coefficient (Wildman–Crippen LogP) is 9.37. The molecule has 0 heterocycles. The van der Waals surface area contributed by atoms with Crippen LogP contribution in [0.2, 0.25) is 10.0 Å². The van der Waals surface area contributed by atoms with E-state index in [2.05, 4.69) is 17.2 Å². The van der Waals surface area contributed by atoms with Gasteiger partial charge in [0.25, 0.3) is 0 Å². The number of halogens is 2. The molecule has 34 heavy (non-hydrogen) atoms. The normalized spacial score (nSPS) is 11.0. The van der Waals surface area contributed by atoms with Crippen LogP contribution in [0.1, 0.15) is 55.8 Å². The Balaban J connectivity index is 1.49. The van der Waals surface area contributed by atoms with Crippen molar-refractivity contribution in [1.82, 2.24) is 0 Å². The second-order valence-electron chi connectivity index (χ2n) is 7.82. The van der Waals surface area contributed by atoms with Gasteiger partial charge in [0.1, 0.15) is 11.5 Å². The van der Waals surface area contributed by atoms with Gasteiger partial charge >= 0.3 is 5.97 Å². The Labute approximate surface area is 210 Å². The van der Waals surface area contributed by atoms with Gasteiger partial charge in [0.15, 0.2) is 0 Å². The van der Waals surface area contributed by atoms with E-state index < -0.39 is 5.97 Å². The third-order valence-electron chi connectivity index (χ3n) is 5.08. The monoisotopic (exact) mass is 498 g/mol. The molecule has 0 radical (unpaired) electrons. The summed E-state index contributed by atoms with van der Waals surface area (Å²) < 4.78 is 11.2. The second-order valence-corrected chi connectivity index (χ2v) is 8.66. The first-order chi connectivity index (χ1) is 16.5. The van der Waals surface area contributed by atoms with Gasteiger partial charge in [-0.05, 0) is 73.2 Å². The van der Waals surface area contributed by atoms with Gasteiger partial charge in [-0.25, -0.2) is 4.79 Å². The fourth-order valence-corrected chi connectivity index (χ4v) is 3.52. The summed E-state index contributed by atoms with van der Waals surface area (Å²) in [4.78, 5) is 12.5. The highest BCUT2D eigenvalue weighted by molar-refractivity contribution is 6.32. The minimum Gasteiger partial charge on any atom is -0.494 e. The number of nitrogens with zero attached hydrogens (tertiary/aromatic N) is 2. The number of hydrogen-bond acceptors (Lipinski definition) is 5. The molecule has 0 aliphatic rings. The fourth-order valence-electron chi connectivity index (χ4n) is 3.18. The maximum atomic E-state index is 12.5. The summed E-state index contributed by atoms with van der Waals surface area (Å²) in [5.74, 6) is 0.485. The van der Waals surface area contributed by atoms with Crippen molar-refractivity contribution in [2.45, 2.75) is 45.4 Å². The van der Waals surface area contributed by atoms with E-state index in [-0.39, 0.29) is 10.8 Å². The van der Waals surface area contributed by atoms with E-state index in [9.17, 15) is 4.79 Å². The van der Waals surface area contributed by atoms with Crippen LogP contribution in [-0.4, -0.2) is 12.6 Å². The number of carbonyl (C=O) groups excluding carboxylic acids is 1. The van der Waals surface area contributed by atoms with E-state index >= 15 is 0 Å². The third-order valence-corrected chi connectivity index (χ3v) is 5.63. The molecule has 3 aromatic rings. The summed E-state index contributed by atoms with van der Waals surface area (Å²) >= 11 is 12.1. The molecule has 3 rings (SSSR count). The molecule has 0 unspecified atom stereocenters. The topological polar surface area (TPSA) is 60.2 Å². The van der Waals surface area contributed by atoms with Gasteiger partial charge in [-0.2, -0.15) is 10.2 Å². The van der Waals surface area contributed by atoms with E-state index in [1.54, 1.807) is 66.7 Å². The third kappa shape index (κ3) is 8.47. The van der Waals surface area contributed by atoms with Gasteiger partial charge in [-0.15, -0.1) is 0 Å². The van der Waals surface area contributed by atoms with Crippen LogP contribution in [0.5, 0.6) is 11.5 Å². The molecular formula is C27H28Cl2N2O3. The van der Waals surface area contributed by atoms with Crippen LogP contribution in [0.3, 0.4) is 0 Å². The maximum Gasteiger partial charge on any atom is 0.343 e. The van der Waals surface area contributed by atoms with Gasteiger partial charge in [0.2, 0.25) is 0 Å². The highest BCUT2D eigenvalue weighted by atomic mass is 35.5. The van der Waals surface area contributed by atoms with Crippen LogP contribution in [0.15, 0.2) is 77.0 Å². The van der Waals surface area contributed by atoms with Gasteiger partial charge in [-0.3, -0.25) is 0 Å². The highest BCUT2D eigenvalue weighted by Gasteiger charge is 2.12. The zero-order valence-corrected chi connectivity index (χ0v) is 20.7. The van der Waals surface area contributed by atoms with Crippen LogP contribution in [-0.2, 0) is 0 Å². The van der Waals surface area contributed by atoms with Gasteiger partial charge in [-0.1, -0.05) is 62.2 Å². The van der Waals surface area contributed by atoms with Crippen LogP contribution >= 0.6 is 23.2 Å². The molecule has 178 valence electrons. The zero-order chi connectivity index (χ0) is 24.2. The minimum absolute atomic E-state index is 0.250. The second kappa shape index (κ2) is 13.7. The quantitative estimate of drug-likeness (QED) is 0.108. The van der Waals surface area contributed by atoms with Gasteiger partial charge in [0, 0.05) is 5.02 Å². The predicted molar refractivity (Wildman–Crippen MR) is 137 cm³/mol. The summed E-state index contributed by atoms with van der Waals surface area (Å²) in [5, 5.41) is 9.18. The minimum atomic E-state index is -0.500. The Morgan fingerprint density at radius 3 is 2.15 bits per heavy atom. The molecule has 0 bridgehead atoms. The summed E-state index contributed by atoms with van der Waals surface area (Å²) in [6.07, 6.45) is 7.28. The van der Waals surface area contributed by atoms with Crippen molar-refractivity contribution < 1.29 is 14.3 Å². The lowest BCUT2D eigenvalue weighted by atomic mass is 10.1. The van der Waals surface area contributed by atoms with E-state index in [1.807, 2.05) is 0 Å². The first kappa shape index (κ1) is 25.7. The molecule has 7 heteroatoms. The van der Waals surface area contributed by atoms with Gasteiger partial charge < -0.3 is 9.47 Å². The van der Waals surface area contributed by atoms with Crippen molar-refractivity contribution in [3.63, 3.8) is 0 Å². The number of unbranched alkanes of at least 4 members (excludes halogenated alkanes) is 5. The lowest BCUT2D eigenvalue weighted by Gasteiger charge is -2.09. The molecular weight excluding hydrogens is 471 g/mol. The molecule has 0 atom stereocenters. The highest BCUT2D eigenvalue weighted by Crippen LogP contribution is 2.31. The Morgan fingerprint density at radius 2 is 1.44 bits per heavy atom. The molecule has 0 saturated heterocycles. The van der Waals surface area contributed by atoms with Crippen molar-refractivity contribution in [3.8, 4) is 11.5 Å². The molecule has 0 amide bonds. The summed E-state index contributed by atoms with van der Waals surface area (Å²) in [7, 11) is 0. The van der Waals surface area contributed by atoms with E-state index in [1.165, 1.54) is 32.1 Å². The Kier molecular flexibility index (Phi) is 10.4. The number of carbonyl (C=O) groups is 1. The largest absolute Gasteiger partial charge is 0.494 e. The Morgan fingerprint density at radius 1 is 0.794 bits per heavy atom. The van der Waals surface area contributed by atoms with E-state index in [0.717, 1.165) is 12.2 Å². The van der Waals surface area contributed by atoms with Crippen molar-refractivity contribution in [2.75, 3.05) is 6.61 Å². The summed E-state index contributed by atoms with van der Waals surface area (Å²) in [5.41, 5.74) is 1.61. The van der Waals surface area contributed by atoms with Gasteiger partial charge in [0.05, 0.1) is 28.6 Å². The lowest BCUT2D eigenvalue weighted by Crippen LogP contribution is -2.08. The Bertz CT molecular complexity index is 1080. The Hall–Kier alpha value is -2.89. The number of hydrogen-bond donors (Lipinski definition) is 0. The smallest absolute Gasteiger partial charge is 0.343 e. The molecule has 0 saturated carbocycles. The first-order valence-corrected chi connectivity index (χ1v) is 12.2. The maximum absolute atomic E-state index is 12.5. The van der Waals surface area contributed by atoms with Crippen molar-refractivity contribution in [1.29, 1.82) is 0 Å². The van der Waals surface area contributed by atoms with Crippen molar-refractivity contribution in [2.24, 2.45) is 10.2 Å². The van der Waals surface area contributed by atoms with Crippen LogP contribution < -0.4 is 9.47 Å². The van der Waals surface area contributed by atoms with E-state index in [4.69, 9.17) is 32.7 Å². The number of esters is 1. The lowest BCUT2D eigenvalue weighted by molar-refractivity contribution is 0.0735. The number of rotatable bonds is 12. The standard InChI is InChI=1S/C27H28Cl2N2O3/c1-2-3-4-5-6-7-18-33-24-15-8-20(9-16-24)27(32)34-26-17-14-23(19-25(26)29)31-30-22-12-10-21(28)11-13-22/h8-17,19H,2-7,18H2,1H3. The molecule has 0 aliphatic heterocycles. The summed E-state index contributed by atoms with van der Waals surface area (Å²) in [6, 6.07) is 18.8. The molecule has 0 N–H and O–H groups in total. The average molecular weight is 499 g/mol. The SMILES string of the molecule is CCCCCCCCOc1ccc(C(=O)Oc2ccc(N=Nc3ccc(Cl)cc3)cc2Cl)cc1. The zero-order valence-electron chi connectivity index (χ0n) is 19.2. The molecule has 0 aromatic heterocycles. The van der Waals surface area contributed by atoms with Crippen LogP contribution in [0, 0.1) is 0 Å². The molecule has 0 spiro atoms. The number of ether oxygens (including phenoxy) is 2.